The second-order valence-corrected chi connectivity index (χ2v) is 7.26. The van der Waals surface area contributed by atoms with Gasteiger partial charge in [0.2, 0.25) is 10.0 Å². The van der Waals surface area contributed by atoms with Gasteiger partial charge < -0.3 is 5.32 Å². The molecule has 0 heterocycles. The molecule has 0 aromatic heterocycles. The van der Waals surface area contributed by atoms with Gasteiger partial charge in [-0.05, 0) is 42.0 Å². The van der Waals surface area contributed by atoms with Gasteiger partial charge in [-0.3, -0.25) is 0 Å². The molecule has 2 aromatic carbocycles. The first-order valence-electron chi connectivity index (χ1n) is 6.40. The number of hydrogen-bond donors (Lipinski definition) is 2. The summed E-state index contributed by atoms with van der Waals surface area (Å²) >= 11 is 3.17. The van der Waals surface area contributed by atoms with Crippen LogP contribution in [0.3, 0.4) is 0 Å². The fourth-order valence-electron chi connectivity index (χ4n) is 1.96. The topological polar surface area (TPSA) is 72.2 Å². The molecule has 0 spiro atoms. The van der Waals surface area contributed by atoms with Crippen LogP contribution in [-0.2, 0) is 22.7 Å². The van der Waals surface area contributed by atoms with Crippen molar-refractivity contribution in [2.45, 2.75) is 17.6 Å². The third-order valence-electron chi connectivity index (χ3n) is 3.10. The van der Waals surface area contributed by atoms with E-state index >= 15 is 0 Å². The molecule has 0 fully saturated rings. The van der Waals surface area contributed by atoms with Crippen LogP contribution in [0.1, 0.15) is 11.1 Å². The van der Waals surface area contributed by atoms with E-state index in [1.165, 1.54) is 18.2 Å². The Labute approximate surface area is 143 Å². The van der Waals surface area contributed by atoms with Gasteiger partial charge in [-0.2, -0.15) is 13.2 Å². The Morgan fingerprint density at radius 1 is 1.12 bits per heavy atom. The Balaban J connectivity index is 2.38. The first kappa shape index (κ1) is 18.7. The van der Waals surface area contributed by atoms with Gasteiger partial charge in [0.05, 0.1) is 10.5 Å². The molecule has 0 saturated heterocycles. The van der Waals surface area contributed by atoms with E-state index in [9.17, 15) is 26.0 Å². The number of anilines is 1. The average molecular weight is 427 g/mol. The Bertz CT molecular complexity index is 870. The summed E-state index contributed by atoms with van der Waals surface area (Å²) in [6.45, 7) is -0.101. The fourth-order valence-corrected chi connectivity index (χ4v) is 2.88. The molecule has 2 aromatic rings. The van der Waals surface area contributed by atoms with Crippen LogP contribution < -0.4 is 10.5 Å². The minimum Gasteiger partial charge on any atom is -0.380 e. The van der Waals surface area contributed by atoms with Gasteiger partial charge >= 0.3 is 6.18 Å². The summed E-state index contributed by atoms with van der Waals surface area (Å²) < 4.78 is 75.6. The highest BCUT2D eigenvalue weighted by Crippen LogP contribution is 2.36. The molecule has 3 N–H and O–H groups in total. The molecular weight excluding hydrogens is 416 g/mol. The Morgan fingerprint density at radius 2 is 1.79 bits per heavy atom. The molecule has 2 rings (SSSR count). The molecule has 0 aliphatic rings. The number of benzene rings is 2. The van der Waals surface area contributed by atoms with Gasteiger partial charge in [0.15, 0.2) is 0 Å². The van der Waals surface area contributed by atoms with Crippen LogP contribution in [0.2, 0.25) is 0 Å². The van der Waals surface area contributed by atoms with Gasteiger partial charge in [-0.15, -0.1) is 0 Å². The third-order valence-corrected chi connectivity index (χ3v) is 4.79. The Kier molecular flexibility index (Phi) is 5.21. The maximum atomic E-state index is 13.2. The number of alkyl halides is 3. The summed E-state index contributed by atoms with van der Waals surface area (Å²) in [6, 6.07) is 6.20. The van der Waals surface area contributed by atoms with Gasteiger partial charge in [-0.25, -0.2) is 17.9 Å². The molecule has 0 amide bonds. The molecule has 10 heteroatoms. The van der Waals surface area contributed by atoms with E-state index in [1.807, 2.05) is 0 Å². The Morgan fingerprint density at radius 3 is 2.38 bits per heavy atom. The van der Waals surface area contributed by atoms with Crippen LogP contribution in [-0.4, -0.2) is 8.42 Å². The van der Waals surface area contributed by atoms with E-state index in [4.69, 9.17) is 5.14 Å². The van der Waals surface area contributed by atoms with Crippen molar-refractivity contribution >= 4 is 31.6 Å². The van der Waals surface area contributed by atoms with Crippen LogP contribution >= 0.6 is 15.9 Å². The molecule has 24 heavy (non-hydrogen) atoms. The van der Waals surface area contributed by atoms with Crippen LogP contribution in [0.15, 0.2) is 45.8 Å². The third kappa shape index (κ3) is 4.46. The smallest absolute Gasteiger partial charge is 0.380 e. The van der Waals surface area contributed by atoms with E-state index in [-0.39, 0.29) is 12.2 Å². The number of rotatable bonds is 4. The highest BCUT2D eigenvalue weighted by Gasteiger charge is 2.34. The number of hydrogen-bond acceptors (Lipinski definition) is 3. The molecule has 0 radical (unpaired) electrons. The number of nitrogens with one attached hydrogen (secondary N) is 1. The van der Waals surface area contributed by atoms with Gasteiger partial charge in [0.1, 0.15) is 5.82 Å². The van der Waals surface area contributed by atoms with E-state index in [1.54, 1.807) is 0 Å². The summed E-state index contributed by atoms with van der Waals surface area (Å²) in [5.41, 5.74) is -1.12. The van der Waals surface area contributed by atoms with E-state index in [0.29, 0.717) is 16.1 Å². The van der Waals surface area contributed by atoms with Crippen LogP contribution in [0, 0.1) is 5.82 Å². The molecule has 130 valence electrons. The molecule has 0 aliphatic heterocycles. The highest BCUT2D eigenvalue weighted by atomic mass is 79.9. The largest absolute Gasteiger partial charge is 0.418 e. The minimum absolute atomic E-state index is 0.101. The second-order valence-electron chi connectivity index (χ2n) is 4.84. The van der Waals surface area contributed by atoms with Gasteiger partial charge in [0, 0.05) is 16.7 Å². The van der Waals surface area contributed by atoms with Crippen molar-refractivity contribution in [2.24, 2.45) is 5.14 Å². The summed E-state index contributed by atoms with van der Waals surface area (Å²) in [6.07, 6.45) is -4.79. The molecule has 4 nitrogen and oxygen atoms in total. The van der Waals surface area contributed by atoms with E-state index in [2.05, 4.69) is 21.2 Å². The quantitative estimate of drug-likeness (QED) is 0.728. The number of nitrogens with two attached hydrogens (primary N) is 1. The standard InChI is InChI=1S/C14H11BrF4N2O2S/c15-12-3-1-9(16)5-8(12)7-21-13-4-2-10(24(20,22)23)6-11(13)14(17,18)19/h1-6,21H,7H2,(H2,20,22,23). The van der Waals surface area contributed by atoms with Crippen LogP contribution in [0.5, 0.6) is 0 Å². The zero-order chi connectivity index (χ0) is 18.1. The van der Waals surface area contributed by atoms with Crippen molar-refractivity contribution in [2.75, 3.05) is 5.32 Å². The van der Waals surface area contributed by atoms with Crippen molar-refractivity contribution < 1.29 is 26.0 Å². The molecule has 0 atom stereocenters. The summed E-state index contributed by atoms with van der Waals surface area (Å²) in [5.74, 6) is -0.532. The average Bonchev–Trinajstić information content (AvgIpc) is 2.46. The number of primary sulfonamides is 1. The molecule has 0 aliphatic carbocycles. The lowest BCUT2D eigenvalue weighted by molar-refractivity contribution is -0.137. The van der Waals surface area contributed by atoms with E-state index in [0.717, 1.165) is 12.1 Å². The zero-order valence-corrected chi connectivity index (χ0v) is 14.3. The molecule has 0 bridgehead atoms. The molecule has 0 unspecified atom stereocenters. The number of halogens is 5. The van der Waals surface area contributed by atoms with Gasteiger partial charge in [-0.1, -0.05) is 15.9 Å². The van der Waals surface area contributed by atoms with E-state index < -0.39 is 32.5 Å². The lowest BCUT2D eigenvalue weighted by Gasteiger charge is -2.16. The zero-order valence-electron chi connectivity index (χ0n) is 11.9. The van der Waals surface area contributed by atoms with Crippen molar-refractivity contribution in [3.05, 3.63) is 57.8 Å². The predicted molar refractivity (Wildman–Crippen MR) is 84.2 cm³/mol. The monoisotopic (exact) mass is 426 g/mol. The van der Waals surface area contributed by atoms with Crippen molar-refractivity contribution in [3.63, 3.8) is 0 Å². The summed E-state index contributed by atoms with van der Waals surface area (Å²) in [4.78, 5) is -0.646. The van der Waals surface area contributed by atoms with Crippen molar-refractivity contribution in [1.82, 2.24) is 0 Å². The fraction of sp³-hybridized carbons (Fsp3) is 0.143. The Hall–Kier alpha value is -1.65. The normalized spacial score (nSPS) is 12.2. The highest BCUT2D eigenvalue weighted by molar-refractivity contribution is 9.10. The lowest BCUT2D eigenvalue weighted by Crippen LogP contribution is -2.16. The second kappa shape index (κ2) is 6.69. The first-order valence-corrected chi connectivity index (χ1v) is 8.74. The number of sulfonamides is 1. The first-order chi connectivity index (χ1) is 11.0. The molecular formula is C14H11BrF4N2O2S. The predicted octanol–water partition coefficient (Wildman–Crippen LogP) is 3.87. The summed E-state index contributed by atoms with van der Waals surface area (Å²) in [5, 5.41) is 7.39. The van der Waals surface area contributed by atoms with Gasteiger partial charge in [0.25, 0.3) is 0 Å². The van der Waals surface area contributed by atoms with Crippen LogP contribution in [0.4, 0.5) is 23.2 Å². The SMILES string of the molecule is NS(=O)(=O)c1ccc(NCc2cc(F)ccc2Br)c(C(F)(F)F)c1. The maximum Gasteiger partial charge on any atom is 0.418 e. The summed E-state index contributed by atoms with van der Waals surface area (Å²) in [7, 11) is -4.27. The van der Waals surface area contributed by atoms with Crippen molar-refractivity contribution in [3.8, 4) is 0 Å². The molecule has 0 saturated carbocycles. The minimum atomic E-state index is -4.79. The van der Waals surface area contributed by atoms with Crippen LogP contribution in [0.25, 0.3) is 0 Å². The maximum absolute atomic E-state index is 13.2. The van der Waals surface area contributed by atoms with Crippen molar-refractivity contribution in [1.29, 1.82) is 0 Å². The lowest BCUT2D eigenvalue weighted by atomic mass is 10.1.